The Kier molecular flexibility index (Phi) is 12.6. The van der Waals surface area contributed by atoms with Gasteiger partial charge in [0.25, 0.3) is 5.97 Å². The summed E-state index contributed by atoms with van der Waals surface area (Å²) in [6, 6.07) is 16.3. The Balaban J connectivity index is 0.000000733. The van der Waals surface area contributed by atoms with Crippen LogP contribution in [0.3, 0.4) is 0 Å². The van der Waals surface area contributed by atoms with Crippen LogP contribution in [-0.2, 0) is 28.6 Å². The molecule has 4 rings (SSSR count). The van der Waals surface area contributed by atoms with Crippen LogP contribution in [0.2, 0.25) is 0 Å². The number of aliphatic carboxylic acids is 1. The smallest absolute Gasteiger partial charge is 0.300 e. The third-order valence-electron chi connectivity index (χ3n) is 5.22. The number of carbonyl (C=O) groups is 1. The second kappa shape index (κ2) is 15.7. The quantitative estimate of drug-likeness (QED) is 0.350. The number of hydrogen-bond acceptors (Lipinski definition) is 6. The van der Waals surface area contributed by atoms with Gasteiger partial charge < -0.3 is 19.3 Å². The van der Waals surface area contributed by atoms with Crippen molar-refractivity contribution in [1.82, 2.24) is 4.98 Å². The molecule has 2 aromatic carbocycles. The van der Waals surface area contributed by atoms with Crippen LogP contribution in [-0.4, -0.2) is 45.5 Å². The van der Waals surface area contributed by atoms with E-state index in [2.05, 4.69) is 42.2 Å². The van der Waals surface area contributed by atoms with Crippen molar-refractivity contribution in [3.05, 3.63) is 71.4 Å². The molecular weight excluding hydrogens is 490 g/mol. The fourth-order valence-electron chi connectivity index (χ4n) is 3.61. The number of ether oxygens (including phenoxy) is 3. The Morgan fingerprint density at radius 3 is 2.59 bits per heavy atom. The van der Waals surface area contributed by atoms with E-state index in [0.29, 0.717) is 31.5 Å². The van der Waals surface area contributed by atoms with E-state index in [9.17, 15) is 4.21 Å². The van der Waals surface area contributed by atoms with Crippen molar-refractivity contribution in [1.29, 1.82) is 0 Å². The lowest BCUT2D eigenvalue weighted by Crippen LogP contribution is -2.03. The fourth-order valence-corrected chi connectivity index (χ4v) is 4.13. The highest BCUT2D eigenvalue weighted by molar-refractivity contribution is 7.84. The summed E-state index contributed by atoms with van der Waals surface area (Å²) in [5.74, 6) is 2.13. The average Bonchev–Trinajstić information content (AvgIpc) is 3.34. The van der Waals surface area contributed by atoms with Gasteiger partial charge in [0.2, 0.25) is 5.88 Å². The predicted octanol–water partition coefficient (Wildman–Crippen LogP) is 5.84. The minimum absolute atomic E-state index is 0.443. The molecule has 3 aromatic rings. The van der Waals surface area contributed by atoms with Crippen LogP contribution in [0.25, 0.3) is 11.1 Å². The molecule has 0 saturated heterocycles. The largest absolute Gasteiger partial charge is 0.494 e. The molecule has 37 heavy (non-hydrogen) atoms. The van der Waals surface area contributed by atoms with Crippen LogP contribution < -0.4 is 14.2 Å². The van der Waals surface area contributed by atoms with Crippen molar-refractivity contribution in [2.24, 2.45) is 0 Å². The molecule has 7 nitrogen and oxygen atoms in total. The number of rotatable bonds is 9. The maximum Gasteiger partial charge on any atom is 0.300 e. The zero-order valence-electron chi connectivity index (χ0n) is 22.3. The molecule has 8 heteroatoms. The molecule has 2 heterocycles. The summed E-state index contributed by atoms with van der Waals surface area (Å²) < 4.78 is 28.4. The molecular formula is C29H37NO6S. The topological polar surface area (TPSA) is 95.0 Å². The molecule has 0 saturated carbocycles. The minimum Gasteiger partial charge on any atom is -0.494 e. The van der Waals surface area contributed by atoms with Crippen molar-refractivity contribution < 1.29 is 28.3 Å². The van der Waals surface area contributed by atoms with E-state index in [1.165, 1.54) is 0 Å². The summed E-state index contributed by atoms with van der Waals surface area (Å²) in [6.07, 6.45) is 5.25. The van der Waals surface area contributed by atoms with E-state index in [1.54, 1.807) is 6.26 Å². The van der Waals surface area contributed by atoms with Crippen molar-refractivity contribution in [3.8, 4) is 28.5 Å². The van der Waals surface area contributed by atoms with Gasteiger partial charge in [-0.3, -0.25) is 9.00 Å². The summed E-state index contributed by atoms with van der Waals surface area (Å²) in [4.78, 5) is 13.4. The molecule has 1 N–H and O–H groups in total. The van der Waals surface area contributed by atoms with Crippen molar-refractivity contribution in [3.63, 3.8) is 0 Å². The van der Waals surface area contributed by atoms with Gasteiger partial charge in [0, 0.05) is 54.0 Å². The van der Waals surface area contributed by atoms with Crippen LogP contribution in [0.5, 0.6) is 17.4 Å². The highest BCUT2D eigenvalue weighted by atomic mass is 32.2. The number of hydrogen-bond donors (Lipinski definition) is 1. The highest BCUT2D eigenvalue weighted by Crippen LogP contribution is 2.29. The van der Waals surface area contributed by atoms with Crippen LogP contribution >= 0.6 is 0 Å². The Hall–Kier alpha value is -3.39. The maximum atomic E-state index is 11.1. The Labute approximate surface area is 222 Å². The molecule has 200 valence electrons. The molecule has 1 aliphatic heterocycles. The number of carboxylic acids is 1. The van der Waals surface area contributed by atoms with Gasteiger partial charge in [-0.25, -0.2) is 4.98 Å². The first kappa shape index (κ1) is 29.8. The van der Waals surface area contributed by atoms with Gasteiger partial charge in [-0.2, -0.15) is 0 Å². The lowest BCUT2D eigenvalue weighted by Gasteiger charge is -2.12. The number of aromatic nitrogens is 1. The van der Waals surface area contributed by atoms with Gasteiger partial charge >= 0.3 is 0 Å². The summed E-state index contributed by atoms with van der Waals surface area (Å²) >= 11 is 0. The van der Waals surface area contributed by atoms with E-state index in [4.69, 9.17) is 24.1 Å². The molecule has 0 aliphatic carbocycles. The van der Waals surface area contributed by atoms with Crippen LogP contribution in [0.4, 0.5) is 0 Å². The number of aryl methyl sites for hydroxylation is 1. The third kappa shape index (κ3) is 10.2. The monoisotopic (exact) mass is 527 g/mol. The SMILES string of the molecule is CC.CC(=O)O.Cc1cc(OCCCS(C)=O)ccc1-c1cccc(COc2cc3c(cn2)CCO3)c1. The van der Waals surface area contributed by atoms with Crippen molar-refractivity contribution >= 4 is 16.8 Å². The fraction of sp³-hybridized carbons (Fsp3) is 0.379. The van der Waals surface area contributed by atoms with E-state index >= 15 is 0 Å². The zero-order valence-corrected chi connectivity index (χ0v) is 23.1. The first-order chi connectivity index (χ1) is 17.8. The minimum atomic E-state index is -0.833. The lowest BCUT2D eigenvalue weighted by molar-refractivity contribution is -0.134. The molecule has 1 aromatic heterocycles. The molecule has 1 unspecified atom stereocenters. The van der Waals surface area contributed by atoms with E-state index in [0.717, 1.165) is 59.1 Å². The van der Waals surface area contributed by atoms with Gasteiger partial charge in [-0.05, 0) is 53.8 Å². The first-order valence-corrected chi connectivity index (χ1v) is 14.1. The van der Waals surface area contributed by atoms with Gasteiger partial charge in [0.05, 0.1) is 13.2 Å². The summed E-state index contributed by atoms with van der Waals surface area (Å²) in [7, 11) is -0.774. The van der Waals surface area contributed by atoms with Crippen molar-refractivity contribution in [2.45, 2.75) is 47.1 Å². The normalized spacial score (nSPS) is 12.0. The second-order valence-corrected chi connectivity index (χ2v) is 9.75. The standard InChI is InChI=1S/C25H27NO4S.C2H4O2.C2H6/c1-18-13-22(28-10-4-12-31(2)27)7-8-23(18)20-6-3-5-19(14-20)17-30-25-15-24-21(16-26-25)9-11-29-24;1-2(3)4;1-2/h3,5-8,13-16H,4,9-12,17H2,1-2H3;1H3,(H,3,4);1-2H3. The Morgan fingerprint density at radius 2 is 1.89 bits per heavy atom. The third-order valence-corrected chi connectivity index (χ3v) is 6.08. The van der Waals surface area contributed by atoms with Crippen LogP contribution in [0, 0.1) is 6.92 Å². The summed E-state index contributed by atoms with van der Waals surface area (Å²) in [5, 5.41) is 7.42. The highest BCUT2D eigenvalue weighted by Gasteiger charge is 2.13. The van der Waals surface area contributed by atoms with Gasteiger partial charge in [0.1, 0.15) is 18.1 Å². The summed E-state index contributed by atoms with van der Waals surface area (Å²) in [5.41, 5.74) is 5.65. The van der Waals surface area contributed by atoms with Gasteiger partial charge in [0.15, 0.2) is 0 Å². The molecule has 0 fully saturated rings. The zero-order chi connectivity index (χ0) is 27.2. The molecule has 1 atom stereocenters. The molecule has 0 amide bonds. The molecule has 0 radical (unpaired) electrons. The molecule has 0 spiro atoms. The van der Waals surface area contributed by atoms with Gasteiger partial charge in [-0.15, -0.1) is 0 Å². The number of carboxylic acid groups (broad SMARTS) is 1. The Morgan fingerprint density at radius 1 is 1.14 bits per heavy atom. The van der Waals surface area contributed by atoms with E-state index < -0.39 is 16.8 Å². The number of pyridine rings is 1. The van der Waals surface area contributed by atoms with Gasteiger partial charge in [-0.1, -0.05) is 38.1 Å². The second-order valence-electron chi connectivity index (χ2n) is 8.19. The van der Waals surface area contributed by atoms with Crippen molar-refractivity contribution in [2.75, 3.05) is 25.2 Å². The van der Waals surface area contributed by atoms with E-state index in [-0.39, 0.29) is 0 Å². The number of nitrogens with zero attached hydrogens (tertiary/aromatic N) is 1. The Bertz CT molecular complexity index is 1180. The lowest BCUT2D eigenvalue weighted by atomic mass is 9.99. The average molecular weight is 528 g/mol. The van der Waals surface area contributed by atoms with E-state index in [1.807, 2.05) is 38.2 Å². The van der Waals surface area contributed by atoms with Crippen LogP contribution in [0.1, 0.15) is 43.9 Å². The maximum absolute atomic E-state index is 11.1. The van der Waals surface area contributed by atoms with Crippen LogP contribution in [0.15, 0.2) is 54.7 Å². The molecule has 1 aliphatic rings. The first-order valence-electron chi connectivity index (χ1n) is 12.4. The number of benzene rings is 2. The number of fused-ring (bicyclic) bond motifs is 1. The predicted molar refractivity (Wildman–Crippen MR) is 148 cm³/mol. The molecule has 0 bridgehead atoms. The summed E-state index contributed by atoms with van der Waals surface area (Å²) in [6.45, 7) is 8.90.